The number of hydrogen-bond donors (Lipinski definition) is 1. The lowest BCUT2D eigenvalue weighted by Crippen LogP contribution is -2.76. The van der Waals surface area contributed by atoms with E-state index in [0.717, 1.165) is 6.54 Å². The van der Waals surface area contributed by atoms with Gasteiger partial charge in [-0.3, -0.25) is 0 Å². The van der Waals surface area contributed by atoms with Crippen molar-refractivity contribution in [2.75, 3.05) is 6.54 Å². The predicted molar refractivity (Wildman–Crippen MR) is 137 cm³/mol. The van der Waals surface area contributed by atoms with Gasteiger partial charge in [0.05, 0.1) is 5.39 Å². The highest BCUT2D eigenvalue weighted by Crippen LogP contribution is 2.27. The third-order valence-corrected chi connectivity index (χ3v) is 7.23. The van der Waals surface area contributed by atoms with Crippen LogP contribution < -0.4 is 10.3 Å². The SMILES string of the molecule is CCCCCCCCCCCCCC[NH+]=c1cc(-c2ccccc2)sc2ccccc12. The number of nitrogens with one attached hydrogen (secondary N) is 1. The quantitative estimate of drug-likeness (QED) is 0.257. The molecule has 31 heavy (non-hydrogen) atoms. The van der Waals surface area contributed by atoms with Crippen LogP contribution in [0.1, 0.15) is 84.0 Å². The number of unbranched alkanes of at least 4 members (excludes halogenated alkanes) is 11. The summed E-state index contributed by atoms with van der Waals surface area (Å²) in [5, 5.41) is 2.61. The Balaban J connectivity index is 1.44. The molecule has 3 aromatic rings. The summed E-state index contributed by atoms with van der Waals surface area (Å²) in [6.45, 7) is 3.35. The number of benzene rings is 2. The maximum absolute atomic E-state index is 3.74. The molecular weight excluding hydrogens is 394 g/mol. The fourth-order valence-corrected chi connectivity index (χ4v) is 5.32. The first-order chi connectivity index (χ1) is 15.4. The maximum atomic E-state index is 3.74. The molecule has 0 spiro atoms. The Morgan fingerprint density at radius 1 is 0.645 bits per heavy atom. The molecule has 1 aromatic heterocycles. The number of fused-ring (bicyclic) bond motifs is 1. The molecule has 1 nitrogen and oxygen atoms in total. The summed E-state index contributed by atoms with van der Waals surface area (Å²) >= 11 is 1.88. The first-order valence-electron chi connectivity index (χ1n) is 12.5. The van der Waals surface area contributed by atoms with E-state index in [0.29, 0.717) is 0 Å². The fraction of sp³-hybridized carbons (Fsp3) is 0.483. The van der Waals surface area contributed by atoms with Gasteiger partial charge < -0.3 is 0 Å². The maximum Gasteiger partial charge on any atom is 0.208 e. The third-order valence-electron chi connectivity index (χ3n) is 6.08. The smallest absolute Gasteiger partial charge is 0.208 e. The van der Waals surface area contributed by atoms with E-state index in [2.05, 4.69) is 72.6 Å². The number of rotatable bonds is 14. The van der Waals surface area contributed by atoms with E-state index in [9.17, 15) is 0 Å². The van der Waals surface area contributed by atoms with Crippen molar-refractivity contribution in [3.8, 4) is 10.4 Å². The van der Waals surface area contributed by atoms with Crippen molar-refractivity contribution in [1.29, 1.82) is 0 Å². The molecule has 2 aromatic carbocycles. The van der Waals surface area contributed by atoms with Crippen LogP contribution in [0.5, 0.6) is 0 Å². The second-order valence-corrected chi connectivity index (χ2v) is 9.79. The van der Waals surface area contributed by atoms with Crippen LogP contribution in [-0.4, -0.2) is 6.54 Å². The van der Waals surface area contributed by atoms with Crippen LogP contribution in [0.25, 0.3) is 20.5 Å². The van der Waals surface area contributed by atoms with E-state index in [1.165, 1.54) is 103 Å². The van der Waals surface area contributed by atoms with Crippen LogP contribution in [0.3, 0.4) is 0 Å². The van der Waals surface area contributed by atoms with Crippen LogP contribution in [0, 0.1) is 0 Å². The molecule has 0 bridgehead atoms. The lowest BCUT2D eigenvalue weighted by Gasteiger charge is -2.03. The second-order valence-electron chi connectivity index (χ2n) is 8.70. The van der Waals surface area contributed by atoms with Crippen molar-refractivity contribution in [3.05, 3.63) is 66.0 Å². The topological polar surface area (TPSA) is 14.0 Å². The van der Waals surface area contributed by atoms with Gasteiger partial charge in [0, 0.05) is 22.1 Å². The van der Waals surface area contributed by atoms with Gasteiger partial charge in [0.1, 0.15) is 6.54 Å². The van der Waals surface area contributed by atoms with Crippen LogP contribution in [0.2, 0.25) is 0 Å². The summed E-state index contributed by atoms with van der Waals surface area (Å²) in [5.74, 6) is 0. The molecule has 0 aliphatic rings. The van der Waals surface area contributed by atoms with Crippen molar-refractivity contribution in [2.24, 2.45) is 0 Å². The summed E-state index contributed by atoms with van der Waals surface area (Å²) in [4.78, 5) is 5.07. The summed E-state index contributed by atoms with van der Waals surface area (Å²) < 4.78 is 1.35. The summed E-state index contributed by atoms with van der Waals surface area (Å²) in [6, 6.07) is 21.8. The normalized spacial score (nSPS) is 12.0. The zero-order valence-corrected chi connectivity index (χ0v) is 20.2. The van der Waals surface area contributed by atoms with Crippen molar-refractivity contribution in [1.82, 2.24) is 0 Å². The third kappa shape index (κ3) is 8.26. The van der Waals surface area contributed by atoms with Crippen LogP contribution >= 0.6 is 11.3 Å². The van der Waals surface area contributed by atoms with E-state index >= 15 is 0 Å². The highest BCUT2D eigenvalue weighted by atomic mass is 32.1. The van der Waals surface area contributed by atoms with E-state index in [1.807, 2.05) is 11.3 Å². The lowest BCUT2D eigenvalue weighted by molar-refractivity contribution is -0.499. The van der Waals surface area contributed by atoms with Gasteiger partial charge in [-0.1, -0.05) is 114 Å². The van der Waals surface area contributed by atoms with Gasteiger partial charge >= 0.3 is 0 Å². The van der Waals surface area contributed by atoms with Gasteiger partial charge in [0.25, 0.3) is 0 Å². The second kappa shape index (κ2) is 14.2. The number of hydrogen-bond acceptors (Lipinski definition) is 1. The highest BCUT2D eigenvalue weighted by molar-refractivity contribution is 7.21. The Kier molecular flexibility index (Phi) is 10.9. The molecule has 0 saturated heterocycles. The lowest BCUT2D eigenvalue weighted by atomic mass is 10.1. The Morgan fingerprint density at radius 2 is 1.23 bits per heavy atom. The molecule has 1 heterocycles. The van der Waals surface area contributed by atoms with E-state index in [4.69, 9.17) is 0 Å². The van der Waals surface area contributed by atoms with Gasteiger partial charge in [0.2, 0.25) is 5.36 Å². The van der Waals surface area contributed by atoms with Gasteiger partial charge in [-0.05, 0) is 24.1 Å². The van der Waals surface area contributed by atoms with Crippen molar-refractivity contribution < 1.29 is 4.99 Å². The minimum Gasteiger partial charge on any atom is -0.241 e. The average Bonchev–Trinajstić information content (AvgIpc) is 2.82. The summed E-state index contributed by atoms with van der Waals surface area (Å²) in [7, 11) is 0. The Bertz CT molecular complexity index is 942. The molecule has 3 rings (SSSR count). The molecule has 0 radical (unpaired) electrons. The van der Waals surface area contributed by atoms with Crippen LogP contribution in [0.4, 0.5) is 0 Å². The van der Waals surface area contributed by atoms with E-state index in [-0.39, 0.29) is 0 Å². The molecular formula is C29H40NS+. The molecule has 0 atom stereocenters. The largest absolute Gasteiger partial charge is 0.241 e. The zero-order chi connectivity index (χ0) is 21.6. The predicted octanol–water partition coefficient (Wildman–Crippen LogP) is 7.25. The standard InChI is InChI=1S/C29H39NS/c1-2-3-4-5-6-7-8-9-10-11-12-18-23-30-27-24-29(25-19-14-13-15-20-25)31-28-22-17-16-21-26(27)28/h13-17,19-22,24H,2-12,18,23H2,1H3/p+1. The highest BCUT2D eigenvalue weighted by Gasteiger charge is 2.06. The van der Waals surface area contributed by atoms with Crippen molar-refractivity contribution in [3.63, 3.8) is 0 Å². The van der Waals surface area contributed by atoms with Crippen molar-refractivity contribution >= 4 is 21.4 Å². The molecule has 0 aliphatic carbocycles. The molecule has 0 saturated carbocycles. The Morgan fingerprint density at radius 3 is 1.90 bits per heavy atom. The monoisotopic (exact) mass is 434 g/mol. The molecule has 0 fully saturated rings. The van der Waals surface area contributed by atoms with Gasteiger partial charge in [-0.2, -0.15) is 0 Å². The molecule has 2 heteroatoms. The first kappa shape index (κ1) is 23.7. The van der Waals surface area contributed by atoms with Crippen molar-refractivity contribution in [2.45, 2.75) is 84.0 Å². The molecule has 1 N–H and O–H groups in total. The summed E-state index contributed by atoms with van der Waals surface area (Å²) in [5.41, 5.74) is 1.30. The van der Waals surface area contributed by atoms with Crippen LogP contribution in [-0.2, 0) is 0 Å². The summed E-state index contributed by atoms with van der Waals surface area (Å²) in [6.07, 6.45) is 16.8. The molecule has 166 valence electrons. The molecule has 0 amide bonds. The fourth-order valence-electron chi connectivity index (χ4n) is 4.21. The van der Waals surface area contributed by atoms with Gasteiger partial charge in [0.15, 0.2) is 0 Å². The van der Waals surface area contributed by atoms with Gasteiger partial charge in [-0.15, -0.1) is 11.3 Å². The first-order valence-corrected chi connectivity index (χ1v) is 13.4. The Labute approximate surface area is 193 Å². The molecule has 0 aliphatic heterocycles. The van der Waals surface area contributed by atoms with Crippen LogP contribution in [0.15, 0.2) is 60.7 Å². The van der Waals surface area contributed by atoms with E-state index in [1.54, 1.807) is 0 Å². The average molecular weight is 435 g/mol. The zero-order valence-electron chi connectivity index (χ0n) is 19.4. The molecule has 0 unspecified atom stereocenters. The van der Waals surface area contributed by atoms with Gasteiger partial charge in [-0.25, -0.2) is 4.99 Å². The van der Waals surface area contributed by atoms with E-state index < -0.39 is 0 Å². The minimum atomic E-state index is 1.06. The minimum absolute atomic E-state index is 1.06. The Hall–Kier alpha value is -1.93.